The van der Waals surface area contributed by atoms with Crippen LogP contribution in [0.5, 0.6) is 0 Å². The standard InChI is InChI=1S/C11H10O7.2K/c12-7(6-4-2-1-3-5-6)11(18,10(16)17)8(13)9(14)15;;/h1-5,8,13,18H,(H,14,15)(H,16,17);;/q;2*+1/p-2. The van der Waals surface area contributed by atoms with Crippen molar-refractivity contribution >= 4 is 17.7 Å². The number of hydrogen-bond acceptors (Lipinski definition) is 7. The van der Waals surface area contributed by atoms with Crippen molar-refractivity contribution in [2.45, 2.75) is 11.7 Å². The maximum atomic E-state index is 11.7. The Hall–Kier alpha value is 1.02. The van der Waals surface area contributed by atoms with E-state index in [0.29, 0.717) is 0 Å². The Labute approximate surface area is 199 Å². The van der Waals surface area contributed by atoms with Crippen molar-refractivity contribution in [3.8, 4) is 0 Å². The molecule has 0 spiro atoms. The molecule has 0 amide bonds. The summed E-state index contributed by atoms with van der Waals surface area (Å²) >= 11 is 0. The van der Waals surface area contributed by atoms with Crippen LogP contribution < -0.4 is 113 Å². The summed E-state index contributed by atoms with van der Waals surface area (Å²) in [7, 11) is 0. The first kappa shape index (κ1) is 23.3. The number of aliphatic hydroxyl groups is 2. The van der Waals surface area contributed by atoms with Crippen LogP contribution in [0.2, 0.25) is 0 Å². The van der Waals surface area contributed by atoms with E-state index in [4.69, 9.17) is 5.11 Å². The molecule has 2 atom stereocenters. The van der Waals surface area contributed by atoms with E-state index >= 15 is 0 Å². The number of carboxylic acids is 2. The number of benzene rings is 1. The fraction of sp³-hybridized carbons (Fsp3) is 0.182. The van der Waals surface area contributed by atoms with Gasteiger partial charge in [0.05, 0.1) is 11.9 Å². The second-order valence-corrected chi connectivity index (χ2v) is 3.47. The van der Waals surface area contributed by atoms with Crippen molar-refractivity contribution in [2.75, 3.05) is 0 Å². The van der Waals surface area contributed by atoms with Crippen molar-refractivity contribution in [1.29, 1.82) is 0 Å². The van der Waals surface area contributed by atoms with Gasteiger partial charge >= 0.3 is 103 Å². The molecule has 0 bridgehead atoms. The monoisotopic (exact) mass is 330 g/mol. The fourth-order valence-corrected chi connectivity index (χ4v) is 1.31. The van der Waals surface area contributed by atoms with Crippen LogP contribution in [-0.4, -0.2) is 39.6 Å². The van der Waals surface area contributed by atoms with Crippen LogP contribution in [0.4, 0.5) is 0 Å². The van der Waals surface area contributed by atoms with Gasteiger partial charge in [-0.25, -0.2) is 0 Å². The SMILES string of the molecule is O=C([O-])C(O)C(O)(C(=O)[O-])C(=O)c1ccccc1.[K+].[K+]. The third-order valence-electron chi connectivity index (χ3n) is 2.31. The third kappa shape index (κ3) is 5.04. The van der Waals surface area contributed by atoms with Gasteiger partial charge < -0.3 is 30.0 Å². The Morgan fingerprint density at radius 3 is 1.85 bits per heavy atom. The molecule has 0 saturated heterocycles. The van der Waals surface area contributed by atoms with Gasteiger partial charge in [0.2, 0.25) is 5.78 Å². The van der Waals surface area contributed by atoms with Gasteiger partial charge in [0.15, 0.2) is 5.60 Å². The number of rotatable bonds is 5. The first-order valence-electron chi connectivity index (χ1n) is 4.74. The van der Waals surface area contributed by atoms with E-state index in [1.165, 1.54) is 18.2 Å². The van der Waals surface area contributed by atoms with E-state index in [1.54, 1.807) is 0 Å². The summed E-state index contributed by atoms with van der Waals surface area (Å²) < 4.78 is 0. The zero-order valence-corrected chi connectivity index (χ0v) is 17.1. The van der Waals surface area contributed by atoms with Crippen molar-refractivity contribution in [1.82, 2.24) is 0 Å². The van der Waals surface area contributed by atoms with Gasteiger partial charge in [0.25, 0.3) is 0 Å². The van der Waals surface area contributed by atoms with Crippen molar-refractivity contribution in [3.63, 3.8) is 0 Å². The predicted octanol–water partition coefficient (Wildman–Crippen LogP) is -9.53. The summed E-state index contributed by atoms with van der Waals surface area (Å²) in [5.41, 5.74) is -3.88. The van der Waals surface area contributed by atoms with E-state index in [-0.39, 0.29) is 108 Å². The number of ketones is 1. The molecule has 0 aliphatic rings. The van der Waals surface area contributed by atoms with Gasteiger partial charge in [-0.15, -0.1) is 0 Å². The van der Waals surface area contributed by atoms with E-state index in [9.17, 15) is 29.7 Å². The molecule has 1 rings (SSSR count). The first-order valence-corrected chi connectivity index (χ1v) is 4.74. The van der Waals surface area contributed by atoms with Crippen molar-refractivity contribution in [2.24, 2.45) is 0 Å². The topological polar surface area (TPSA) is 138 Å². The Bertz CT molecular complexity index is 491. The van der Waals surface area contributed by atoms with Crippen LogP contribution in [0.3, 0.4) is 0 Å². The Kier molecular flexibility index (Phi) is 11.6. The van der Waals surface area contributed by atoms with Crippen molar-refractivity contribution in [3.05, 3.63) is 35.9 Å². The molecule has 1 aromatic rings. The third-order valence-corrected chi connectivity index (χ3v) is 2.31. The van der Waals surface area contributed by atoms with Crippen LogP contribution in [0, 0.1) is 0 Å². The molecule has 9 heteroatoms. The minimum Gasteiger partial charge on any atom is -0.547 e. The van der Waals surface area contributed by atoms with E-state index < -0.39 is 29.4 Å². The Morgan fingerprint density at radius 1 is 1.05 bits per heavy atom. The van der Waals surface area contributed by atoms with Crippen LogP contribution in [-0.2, 0) is 9.59 Å². The van der Waals surface area contributed by atoms with Gasteiger partial charge in [-0.3, -0.25) is 4.79 Å². The first-order chi connectivity index (χ1) is 8.31. The molecule has 0 heterocycles. The molecule has 0 fully saturated rings. The fourth-order valence-electron chi connectivity index (χ4n) is 1.31. The summed E-state index contributed by atoms with van der Waals surface area (Å²) in [6.45, 7) is 0. The van der Waals surface area contributed by atoms with Crippen molar-refractivity contribution < 1.29 is 138 Å². The minimum absolute atomic E-state index is 0. The molecular weight excluding hydrogens is 322 g/mol. The molecule has 96 valence electrons. The van der Waals surface area contributed by atoms with Crippen LogP contribution in [0.25, 0.3) is 0 Å². The van der Waals surface area contributed by atoms with Gasteiger partial charge in [-0.2, -0.15) is 0 Å². The number of aliphatic hydroxyl groups excluding tert-OH is 1. The summed E-state index contributed by atoms with van der Waals surface area (Å²) in [5, 5.41) is 39.8. The molecule has 0 aliphatic heterocycles. The molecule has 7 nitrogen and oxygen atoms in total. The molecular formula is C11H8K2O7. The number of carboxylic acid groups (broad SMARTS) is 2. The van der Waals surface area contributed by atoms with Gasteiger partial charge in [-0.1, -0.05) is 30.3 Å². The van der Waals surface area contributed by atoms with Gasteiger partial charge in [0, 0.05) is 5.56 Å². The predicted molar refractivity (Wildman–Crippen MR) is 51.7 cm³/mol. The van der Waals surface area contributed by atoms with E-state index in [1.807, 2.05) is 0 Å². The normalized spacial score (nSPS) is 13.9. The smallest absolute Gasteiger partial charge is 0.547 e. The molecule has 2 N–H and O–H groups in total. The zero-order chi connectivity index (χ0) is 13.9. The molecule has 0 saturated carbocycles. The van der Waals surface area contributed by atoms with Crippen LogP contribution in [0.15, 0.2) is 30.3 Å². The van der Waals surface area contributed by atoms with Gasteiger partial charge in [-0.05, 0) is 0 Å². The van der Waals surface area contributed by atoms with Gasteiger partial charge in [0.1, 0.15) is 6.10 Å². The maximum Gasteiger partial charge on any atom is 1.00 e. The molecule has 2 unspecified atom stereocenters. The second kappa shape index (κ2) is 9.92. The minimum atomic E-state index is -3.60. The summed E-state index contributed by atoms with van der Waals surface area (Å²) in [4.78, 5) is 32.9. The molecule has 1 aromatic carbocycles. The number of hydrogen-bond donors (Lipinski definition) is 2. The Balaban J connectivity index is 0. The second-order valence-electron chi connectivity index (χ2n) is 3.47. The number of carbonyl (C=O) groups excluding carboxylic acids is 3. The molecule has 0 aromatic heterocycles. The summed E-state index contributed by atoms with van der Waals surface area (Å²) in [6.07, 6.45) is -2.93. The maximum absolute atomic E-state index is 11.7. The average Bonchev–Trinajstić information content (AvgIpc) is 2.36. The number of carbonyl (C=O) groups is 3. The zero-order valence-electron chi connectivity index (χ0n) is 10.9. The number of aliphatic carboxylic acids is 2. The summed E-state index contributed by atoms with van der Waals surface area (Å²) in [6, 6.07) is 6.56. The molecule has 0 aliphatic carbocycles. The van der Waals surface area contributed by atoms with Crippen LogP contribution >= 0.6 is 0 Å². The molecule has 0 radical (unpaired) electrons. The molecule has 20 heavy (non-hydrogen) atoms. The van der Waals surface area contributed by atoms with E-state index in [0.717, 1.165) is 12.1 Å². The summed E-state index contributed by atoms with van der Waals surface area (Å²) in [5.74, 6) is -6.22. The van der Waals surface area contributed by atoms with Crippen LogP contribution in [0.1, 0.15) is 10.4 Å². The number of Topliss-reactive ketones (excluding diaryl/α,β-unsaturated/α-hetero) is 1. The quantitative estimate of drug-likeness (QED) is 0.310. The largest absolute Gasteiger partial charge is 1.00 e. The Morgan fingerprint density at radius 2 is 1.50 bits per heavy atom. The average molecular weight is 330 g/mol. The van der Waals surface area contributed by atoms with E-state index in [2.05, 4.69) is 0 Å².